The number of hydrogen-bond donors (Lipinski definition) is 2. The van der Waals surface area contributed by atoms with Gasteiger partial charge < -0.3 is 15.4 Å². The van der Waals surface area contributed by atoms with Gasteiger partial charge in [0.15, 0.2) is 0 Å². The molecule has 0 saturated carbocycles. The predicted octanol–water partition coefficient (Wildman–Crippen LogP) is 2.06. The van der Waals surface area contributed by atoms with Gasteiger partial charge in [0, 0.05) is 19.5 Å². The first-order valence-corrected chi connectivity index (χ1v) is 6.08. The highest BCUT2D eigenvalue weighted by molar-refractivity contribution is 5.75. The molecule has 0 saturated heterocycles. The van der Waals surface area contributed by atoms with Crippen LogP contribution in [0, 0.1) is 0 Å². The van der Waals surface area contributed by atoms with E-state index in [1.54, 1.807) is 27.7 Å². The molecule has 5 heteroatoms. The summed E-state index contributed by atoms with van der Waals surface area (Å²) in [6, 6.07) is 0. The van der Waals surface area contributed by atoms with Crippen LogP contribution in [0.2, 0.25) is 0 Å². The third-order valence-corrected chi connectivity index (χ3v) is 1.44. The molecule has 0 aromatic heterocycles. The molecule has 0 fully saturated rings. The van der Waals surface area contributed by atoms with E-state index in [0.717, 1.165) is 0 Å². The summed E-state index contributed by atoms with van der Waals surface area (Å²) in [5.41, 5.74) is -0.489. The van der Waals surface area contributed by atoms with Gasteiger partial charge in [-0.15, -0.1) is 0 Å². The van der Waals surface area contributed by atoms with Crippen molar-refractivity contribution < 1.29 is 14.3 Å². The molecule has 0 heterocycles. The monoisotopic (exact) mass is 246 g/mol. The van der Waals surface area contributed by atoms with Crippen molar-refractivity contribution in [2.45, 2.75) is 53.6 Å². The zero-order chi connectivity index (χ0) is 13.9. The van der Waals surface area contributed by atoms with E-state index in [2.05, 4.69) is 10.6 Å². The smallest absolute Gasteiger partial charge is 0.407 e. The minimum atomic E-state index is -0.489. The molecule has 17 heavy (non-hydrogen) atoms. The Kier molecular flexibility index (Phi) is 10.6. The molecule has 0 aromatic carbocycles. The topological polar surface area (TPSA) is 67.4 Å². The van der Waals surface area contributed by atoms with Crippen molar-refractivity contribution in [1.29, 1.82) is 0 Å². The zero-order valence-electron chi connectivity index (χ0n) is 11.8. The summed E-state index contributed by atoms with van der Waals surface area (Å²) in [6.45, 7) is 12.0. The number of carbonyl (C=O) groups excluding carboxylic acids is 2. The Morgan fingerprint density at radius 3 is 1.94 bits per heavy atom. The van der Waals surface area contributed by atoms with Gasteiger partial charge in [0.05, 0.1) is 0 Å². The van der Waals surface area contributed by atoms with Crippen molar-refractivity contribution in [3.63, 3.8) is 0 Å². The number of ether oxygens (including phenoxy) is 1. The fourth-order valence-electron chi connectivity index (χ4n) is 0.806. The lowest BCUT2D eigenvalue weighted by atomic mass is 10.2. The van der Waals surface area contributed by atoms with E-state index in [9.17, 15) is 9.59 Å². The molecule has 0 unspecified atom stereocenters. The van der Waals surface area contributed by atoms with E-state index in [1.807, 2.05) is 13.8 Å². The van der Waals surface area contributed by atoms with Crippen molar-refractivity contribution in [3.8, 4) is 0 Å². The summed E-state index contributed by atoms with van der Waals surface area (Å²) < 4.78 is 5.01. The van der Waals surface area contributed by atoms with Crippen LogP contribution in [0.4, 0.5) is 4.79 Å². The van der Waals surface area contributed by atoms with Crippen LogP contribution in [0.5, 0.6) is 0 Å². The molecule has 2 N–H and O–H groups in total. The second kappa shape index (κ2) is 9.93. The first-order valence-electron chi connectivity index (χ1n) is 6.08. The Morgan fingerprint density at radius 2 is 1.53 bits per heavy atom. The van der Waals surface area contributed by atoms with Gasteiger partial charge in [-0.1, -0.05) is 20.8 Å². The molecular formula is C12H26N2O3. The average Bonchev–Trinajstić information content (AvgIpc) is 2.24. The summed E-state index contributed by atoms with van der Waals surface area (Å²) in [6.07, 6.45) is -0.0138. The first-order chi connectivity index (χ1) is 7.85. The highest BCUT2D eigenvalue weighted by Gasteiger charge is 2.15. The van der Waals surface area contributed by atoms with Gasteiger partial charge in [-0.3, -0.25) is 4.79 Å². The predicted molar refractivity (Wildman–Crippen MR) is 68.9 cm³/mol. The van der Waals surface area contributed by atoms with Gasteiger partial charge in [0.2, 0.25) is 5.91 Å². The van der Waals surface area contributed by atoms with Crippen molar-refractivity contribution in [1.82, 2.24) is 10.6 Å². The van der Waals surface area contributed by atoms with Crippen LogP contribution >= 0.6 is 0 Å². The second-order valence-electron chi connectivity index (χ2n) is 4.13. The number of alkyl carbamates (subject to hydrolysis) is 1. The highest BCUT2D eigenvalue weighted by atomic mass is 16.6. The minimum absolute atomic E-state index is 0.0269. The molecule has 102 valence electrons. The Labute approximate surface area is 104 Å². The van der Waals surface area contributed by atoms with E-state index < -0.39 is 11.7 Å². The van der Waals surface area contributed by atoms with Crippen molar-refractivity contribution in [2.24, 2.45) is 0 Å². The standard InChI is InChI=1S/C10H20N2O3.C2H6/c1-5-8(13)11-6-7-12-9(14)15-10(2,3)4;1-2/h5-7H2,1-4H3,(H,11,13)(H,12,14);1-2H3. The summed E-state index contributed by atoms with van der Waals surface area (Å²) in [5.74, 6) is -0.0269. The van der Waals surface area contributed by atoms with Crippen molar-refractivity contribution in [2.75, 3.05) is 13.1 Å². The minimum Gasteiger partial charge on any atom is -0.444 e. The van der Waals surface area contributed by atoms with Gasteiger partial charge in [-0.05, 0) is 20.8 Å². The van der Waals surface area contributed by atoms with Gasteiger partial charge >= 0.3 is 6.09 Å². The maximum Gasteiger partial charge on any atom is 0.407 e. The Bertz CT molecular complexity index is 222. The van der Waals surface area contributed by atoms with E-state index >= 15 is 0 Å². The summed E-state index contributed by atoms with van der Waals surface area (Å²) in [5, 5.41) is 5.18. The Hall–Kier alpha value is -1.26. The molecule has 0 aliphatic heterocycles. The molecule has 0 aromatic rings. The molecule has 0 aliphatic rings. The maximum absolute atomic E-state index is 11.1. The van der Waals surface area contributed by atoms with Gasteiger partial charge in [0.25, 0.3) is 0 Å². The Morgan fingerprint density at radius 1 is 1.06 bits per heavy atom. The lowest BCUT2D eigenvalue weighted by molar-refractivity contribution is -0.120. The van der Waals surface area contributed by atoms with Gasteiger partial charge in [-0.2, -0.15) is 0 Å². The fourth-order valence-corrected chi connectivity index (χ4v) is 0.806. The van der Waals surface area contributed by atoms with E-state index in [0.29, 0.717) is 19.5 Å². The molecule has 0 aliphatic carbocycles. The quantitative estimate of drug-likeness (QED) is 0.746. The molecule has 0 atom stereocenters. The molecule has 2 amide bonds. The molecule has 0 spiro atoms. The summed E-state index contributed by atoms with van der Waals surface area (Å²) in [7, 11) is 0. The maximum atomic E-state index is 11.1. The first kappa shape index (κ1) is 18.1. The van der Waals surface area contributed by atoms with Crippen LogP contribution in [0.3, 0.4) is 0 Å². The summed E-state index contributed by atoms with van der Waals surface area (Å²) in [4.78, 5) is 22.0. The fraction of sp³-hybridized carbons (Fsp3) is 0.833. The number of amides is 2. The zero-order valence-corrected chi connectivity index (χ0v) is 11.8. The molecular weight excluding hydrogens is 220 g/mol. The van der Waals surface area contributed by atoms with Gasteiger partial charge in [-0.25, -0.2) is 4.79 Å². The lowest BCUT2D eigenvalue weighted by Crippen LogP contribution is -2.37. The number of rotatable bonds is 4. The number of hydrogen-bond acceptors (Lipinski definition) is 3. The normalized spacial score (nSPS) is 9.76. The number of nitrogens with one attached hydrogen (secondary N) is 2. The van der Waals surface area contributed by atoms with E-state index in [4.69, 9.17) is 4.74 Å². The molecule has 5 nitrogen and oxygen atoms in total. The summed E-state index contributed by atoms with van der Waals surface area (Å²) >= 11 is 0. The Balaban J connectivity index is 0. The highest BCUT2D eigenvalue weighted by Crippen LogP contribution is 2.05. The van der Waals surface area contributed by atoms with Crippen LogP contribution in [0.25, 0.3) is 0 Å². The lowest BCUT2D eigenvalue weighted by Gasteiger charge is -2.19. The van der Waals surface area contributed by atoms with Crippen LogP contribution < -0.4 is 10.6 Å². The van der Waals surface area contributed by atoms with Crippen molar-refractivity contribution in [3.05, 3.63) is 0 Å². The van der Waals surface area contributed by atoms with E-state index in [1.165, 1.54) is 0 Å². The average molecular weight is 246 g/mol. The van der Waals surface area contributed by atoms with Crippen LogP contribution in [-0.2, 0) is 9.53 Å². The SMILES string of the molecule is CC.CCC(=O)NCCNC(=O)OC(C)(C)C. The largest absolute Gasteiger partial charge is 0.444 e. The van der Waals surface area contributed by atoms with E-state index in [-0.39, 0.29) is 5.91 Å². The molecule has 0 rings (SSSR count). The number of carbonyl (C=O) groups is 2. The van der Waals surface area contributed by atoms with Crippen LogP contribution in [-0.4, -0.2) is 30.7 Å². The van der Waals surface area contributed by atoms with Crippen LogP contribution in [0.15, 0.2) is 0 Å². The third-order valence-electron chi connectivity index (χ3n) is 1.44. The van der Waals surface area contributed by atoms with Crippen molar-refractivity contribution >= 4 is 12.0 Å². The second-order valence-corrected chi connectivity index (χ2v) is 4.13. The van der Waals surface area contributed by atoms with Crippen LogP contribution in [0.1, 0.15) is 48.0 Å². The third kappa shape index (κ3) is 14.7. The molecule has 0 radical (unpaired) electrons. The molecule has 0 bridgehead atoms. The van der Waals surface area contributed by atoms with Gasteiger partial charge in [0.1, 0.15) is 5.60 Å².